The number of halogens is 1. The van der Waals surface area contributed by atoms with Crippen molar-refractivity contribution in [3.63, 3.8) is 0 Å². The SMILES string of the molecule is CCS(=O)(=O)c1ccc(O)c(N)c1Br. The molecule has 0 aliphatic carbocycles. The number of hydrogen-bond acceptors (Lipinski definition) is 4. The van der Waals surface area contributed by atoms with E-state index in [2.05, 4.69) is 15.9 Å². The molecule has 0 spiro atoms. The average Bonchev–Trinajstić information content (AvgIpc) is 2.14. The van der Waals surface area contributed by atoms with E-state index in [0.29, 0.717) is 0 Å². The van der Waals surface area contributed by atoms with Gasteiger partial charge in [0.15, 0.2) is 9.84 Å². The smallest absolute Gasteiger partial charge is 0.179 e. The molecule has 0 amide bonds. The summed E-state index contributed by atoms with van der Waals surface area (Å²) in [6.07, 6.45) is 0. The van der Waals surface area contributed by atoms with E-state index in [-0.39, 0.29) is 26.6 Å². The van der Waals surface area contributed by atoms with Gasteiger partial charge in [-0.05, 0) is 28.1 Å². The Morgan fingerprint density at radius 1 is 1.50 bits per heavy atom. The summed E-state index contributed by atoms with van der Waals surface area (Å²) in [6, 6.07) is 2.59. The molecule has 1 aromatic carbocycles. The Balaban J connectivity index is 3.47. The van der Waals surface area contributed by atoms with Crippen molar-refractivity contribution in [2.45, 2.75) is 11.8 Å². The van der Waals surface area contributed by atoms with Gasteiger partial charge in [-0.25, -0.2) is 8.42 Å². The number of phenols is 1. The van der Waals surface area contributed by atoms with Crippen LogP contribution in [0.5, 0.6) is 5.75 Å². The predicted molar refractivity (Wildman–Crippen MR) is 57.9 cm³/mol. The van der Waals surface area contributed by atoms with Gasteiger partial charge in [0, 0.05) is 0 Å². The van der Waals surface area contributed by atoms with Gasteiger partial charge in [-0.3, -0.25) is 0 Å². The third-order valence-corrected chi connectivity index (χ3v) is 4.72. The number of nitrogens with two attached hydrogens (primary N) is 1. The molecule has 4 nitrogen and oxygen atoms in total. The Morgan fingerprint density at radius 3 is 2.57 bits per heavy atom. The number of anilines is 1. The van der Waals surface area contributed by atoms with Crippen molar-refractivity contribution in [2.24, 2.45) is 0 Å². The van der Waals surface area contributed by atoms with E-state index >= 15 is 0 Å². The van der Waals surface area contributed by atoms with Crippen LogP contribution in [0, 0.1) is 0 Å². The third-order valence-electron chi connectivity index (χ3n) is 1.84. The van der Waals surface area contributed by atoms with Gasteiger partial charge in [-0.1, -0.05) is 6.92 Å². The molecule has 78 valence electrons. The van der Waals surface area contributed by atoms with Crippen LogP contribution in [0.1, 0.15) is 6.92 Å². The predicted octanol–water partition coefficient (Wildman–Crippen LogP) is 1.53. The van der Waals surface area contributed by atoms with E-state index in [1.165, 1.54) is 12.1 Å². The van der Waals surface area contributed by atoms with Crippen LogP contribution in [-0.2, 0) is 9.84 Å². The lowest BCUT2D eigenvalue weighted by molar-refractivity contribution is 0.477. The van der Waals surface area contributed by atoms with Gasteiger partial charge < -0.3 is 10.8 Å². The first-order valence-electron chi connectivity index (χ1n) is 3.90. The fraction of sp³-hybridized carbons (Fsp3) is 0.250. The molecule has 0 saturated carbocycles. The summed E-state index contributed by atoms with van der Waals surface area (Å²) in [4.78, 5) is 0.107. The van der Waals surface area contributed by atoms with Gasteiger partial charge in [0.1, 0.15) is 5.75 Å². The lowest BCUT2D eigenvalue weighted by Gasteiger charge is -2.07. The fourth-order valence-corrected chi connectivity index (χ4v) is 3.00. The first-order chi connectivity index (χ1) is 6.40. The molecule has 0 heterocycles. The minimum atomic E-state index is -3.31. The lowest BCUT2D eigenvalue weighted by Crippen LogP contribution is -2.05. The number of hydrogen-bond donors (Lipinski definition) is 2. The van der Waals surface area contributed by atoms with Crippen molar-refractivity contribution >= 4 is 31.5 Å². The molecule has 0 unspecified atom stereocenters. The summed E-state index contributed by atoms with van der Waals surface area (Å²) < 4.78 is 23.3. The molecule has 3 N–H and O–H groups in total. The van der Waals surface area contributed by atoms with Crippen molar-refractivity contribution in [3.8, 4) is 5.75 Å². The van der Waals surface area contributed by atoms with E-state index in [4.69, 9.17) is 5.73 Å². The van der Waals surface area contributed by atoms with Gasteiger partial charge >= 0.3 is 0 Å². The second kappa shape index (κ2) is 3.78. The summed E-state index contributed by atoms with van der Waals surface area (Å²) in [5.41, 5.74) is 5.51. The number of nitrogen functional groups attached to an aromatic ring is 1. The number of sulfone groups is 1. The molecule has 1 aromatic rings. The zero-order chi connectivity index (χ0) is 10.9. The molecule has 0 aliphatic rings. The Hall–Kier alpha value is -0.750. The summed E-state index contributed by atoms with van der Waals surface area (Å²) in [6.45, 7) is 1.55. The summed E-state index contributed by atoms with van der Waals surface area (Å²) >= 11 is 3.04. The number of aromatic hydroxyl groups is 1. The molecule has 0 radical (unpaired) electrons. The largest absolute Gasteiger partial charge is 0.506 e. The maximum absolute atomic E-state index is 11.5. The topological polar surface area (TPSA) is 80.4 Å². The maximum atomic E-state index is 11.5. The third kappa shape index (κ3) is 1.85. The zero-order valence-electron chi connectivity index (χ0n) is 7.49. The lowest BCUT2D eigenvalue weighted by atomic mass is 10.3. The van der Waals surface area contributed by atoms with Crippen molar-refractivity contribution in [1.82, 2.24) is 0 Å². The molecule has 1 rings (SSSR count). The molecule has 0 aromatic heterocycles. The Bertz CT molecular complexity index is 456. The highest BCUT2D eigenvalue weighted by atomic mass is 79.9. The van der Waals surface area contributed by atoms with Crippen molar-refractivity contribution < 1.29 is 13.5 Å². The number of phenolic OH excluding ortho intramolecular Hbond substituents is 1. The van der Waals surface area contributed by atoms with Crippen molar-refractivity contribution in [3.05, 3.63) is 16.6 Å². The highest BCUT2D eigenvalue weighted by molar-refractivity contribution is 9.10. The molecule has 0 aliphatic heterocycles. The van der Waals surface area contributed by atoms with Gasteiger partial charge in [0.2, 0.25) is 0 Å². The molecule has 0 bridgehead atoms. The van der Waals surface area contributed by atoms with Crippen LogP contribution >= 0.6 is 15.9 Å². The highest BCUT2D eigenvalue weighted by Crippen LogP contribution is 2.34. The quantitative estimate of drug-likeness (QED) is 0.636. The maximum Gasteiger partial charge on any atom is 0.179 e. The number of benzene rings is 1. The molecule has 0 saturated heterocycles. The van der Waals surface area contributed by atoms with E-state index in [0.717, 1.165) is 0 Å². The van der Waals surface area contributed by atoms with Gasteiger partial charge in [-0.2, -0.15) is 0 Å². The average molecular weight is 280 g/mol. The zero-order valence-corrected chi connectivity index (χ0v) is 9.89. The molecule has 0 atom stereocenters. The first kappa shape index (κ1) is 11.3. The Labute approximate surface area is 90.8 Å². The highest BCUT2D eigenvalue weighted by Gasteiger charge is 2.18. The normalized spacial score (nSPS) is 11.6. The van der Waals surface area contributed by atoms with Crippen LogP contribution in [0.25, 0.3) is 0 Å². The summed E-state index contributed by atoms with van der Waals surface area (Å²) in [5, 5.41) is 9.21. The summed E-state index contributed by atoms with van der Waals surface area (Å²) in [7, 11) is -3.31. The molecular weight excluding hydrogens is 270 g/mol. The van der Waals surface area contributed by atoms with E-state index in [1.54, 1.807) is 6.92 Å². The molecule has 0 fully saturated rings. The number of rotatable bonds is 2. The Morgan fingerprint density at radius 2 is 2.07 bits per heavy atom. The van der Waals surface area contributed by atoms with Crippen LogP contribution < -0.4 is 5.73 Å². The Kier molecular flexibility index (Phi) is 3.06. The van der Waals surface area contributed by atoms with E-state index in [1.807, 2.05) is 0 Å². The van der Waals surface area contributed by atoms with Crippen LogP contribution in [0.15, 0.2) is 21.5 Å². The molecular formula is C8H10BrNO3S. The first-order valence-corrected chi connectivity index (χ1v) is 6.34. The van der Waals surface area contributed by atoms with Crippen LogP contribution in [-0.4, -0.2) is 19.3 Å². The van der Waals surface area contributed by atoms with Crippen LogP contribution in [0.3, 0.4) is 0 Å². The molecule has 6 heteroatoms. The van der Waals surface area contributed by atoms with Gasteiger partial charge in [0.25, 0.3) is 0 Å². The van der Waals surface area contributed by atoms with E-state index in [9.17, 15) is 13.5 Å². The monoisotopic (exact) mass is 279 g/mol. The van der Waals surface area contributed by atoms with Gasteiger partial charge in [-0.15, -0.1) is 0 Å². The fourth-order valence-electron chi connectivity index (χ4n) is 0.958. The minimum absolute atomic E-state index is 0.00415. The van der Waals surface area contributed by atoms with Crippen molar-refractivity contribution in [1.29, 1.82) is 0 Å². The second-order valence-electron chi connectivity index (χ2n) is 2.71. The van der Waals surface area contributed by atoms with E-state index < -0.39 is 9.84 Å². The van der Waals surface area contributed by atoms with Crippen molar-refractivity contribution in [2.75, 3.05) is 11.5 Å². The molecule has 14 heavy (non-hydrogen) atoms. The van der Waals surface area contributed by atoms with Gasteiger partial charge in [0.05, 0.1) is 20.8 Å². The standard InChI is InChI=1S/C8H10BrNO3S/c1-2-14(12,13)6-4-3-5(11)8(10)7(6)9/h3-4,11H,2,10H2,1H3. The van der Waals surface area contributed by atoms with Crippen LogP contribution in [0.2, 0.25) is 0 Å². The minimum Gasteiger partial charge on any atom is -0.506 e. The van der Waals surface area contributed by atoms with Crippen LogP contribution in [0.4, 0.5) is 5.69 Å². The summed E-state index contributed by atoms with van der Waals surface area (Å²) in [5.74, 6) is -0.137. The second-order valence-corrected chi connectivity index (χ2v) is 5.75.